The molecule has 0 saturated heterocycles. The van der Waals surface area contributed by atoms with E-state index in [1.165, 1.54) is 4.68 Å². The lowest BCUT2D eigenvalue weighted by Crippen LogP contribution is -2.13. The molecule has 4 aromatic rings. The van der Waals surface area contributed by atoms with Crippen molar-refractivity contribution in [1.82, 2.24) is 25.0 Å². The van der Waals surface area contributed by atoms with E-state index < -0.39 is 5.82 Å². The molecule has 1 aromatic carbocycles. The number of halogens is 1. The zero-order chi connectivity index (χ0) is 22.4. The molecule has 0 spiro atoms. The van der Waals surface area contributed by atoms with Crippen LogP contribution >= 0.6 is 0 Å². The van der Waals surface area contributed by atoms with Gasteiger partial charge in [0.05, 0.1) is 34.7 Å². The average molecular weight is 431 g/mol. The van der Waals surface area contributed by atoms with Gasteiger partial charge in [-0.15, -0.1) is 0 Å². The molecular weight excluding hydrogens is 413 g/mol. The van der Waals surface area contributed by atoms with Gasteiger partial charge in [-0.2, -0.15) is 15.5 Å². The zero-order valence-corrected chi connectivity index (χ0v) is 17.1. The number of fused-ring (bicyclic) bond motifs is 1. The Labute approximate surface area is 181 Å². The second-order valence-corrected chi connectivity index (χ2v) is 7.58. The molecule has 0 amide bonds. The van der Waals surface area contributed by atoms with Gasteiger partial charge in [-0.05, 0) is 30.5 Å². The van der Waals surface area contributed by atoms with E-state index in [0.717, 1.165) is 19.0 Å². The topological polar surface area (TPSA) is 136 Å². The summed E-state index contributed by atoms with van der Waals surface area (Å²) >= 11 is 0. The van der Waals surface area contributed by atoms with Crippen LogP contribution in [0.15, 0.2) is 35.4 Å². The van der Waals surface area contributed by atoms with Gasteiger partial charge < -0.3 is 10.5 Å². The maximum absolute atomic E-state index is 15.1. The third-order valence-electron chi connectivity index (χ3n) is 5.46. The number of benzene rings is 1. The summed E-state index contributed by atoms with van der Waals surface area (Å²) in [6.45, 7) is 0.135. The van der Waals surface area contributed by atoms with Gasteiger partial charge in [-0.25, -0.2) is 14.5 Å². The number of ether oxygens (including phenoxy) is 1. The van der Waals surface area contributed by atoms with Crippen molar-refractivity contribution < 1.29 is 9.13 Å². The number of nitrogens with zero attached hydrogens (tertiary/aromatic N) is 5. The summed E-state index contributed by atoms with van der Waals surface area (Å²) in [4.78, 5) is 16.2. The van der Waals surface area contributed by atoms with Crippen molar-refractivity contribution in [3.05, 3.63) is 58.0 Å². The predicted octanol–water partition coefficient (Wildman–Crippen LogP) is 2.40. The molecule has 0 radical (unpaired) electrons. The largest absolute Gasteiger partial charge is 0.473 e. The second kappa shape index (κ2) is 7.55. The first-order valence-corrected chi connectivity index (χ1v) is 10.0. The standard InChI is InChI=1S/C22H18FN7O2/c1-30-20(19-15(7-24)22(26-10-17(19)23)32-12-3-4-12)16(9-27-30)11-2-5-13-14(6-11)18(8-25)28-29-21(13)31/h2,5-6,9-10,12H,3-4,8,25H2,1H3,(H,29,31). The smallest absolute Gasteiger partial charge is 0.272 e. The zero-order valence-electron chi connectivity index (χ0n) is 17.1. The number of aromatic amines is 1. The van der Waals surface area contributed by atoms with Gasteiger partial charge in [-0.1, -0.05) is 6.07 Å². The molecule has 1 fully saturated rings. The molecule has 3 N–H and O–H groups in total. The fourth-order valence-corrected chi connectivity index (χ4v) is 3.73. The number of nitrogens with two attached hydrogens (primary N) is 1. The molecule has 3 aromatic heterocycles. The molecule has 10 heteroatoms. The van der Waals surface area contributed by atoms with Crippen molar-refractivity contribution in [3.63, 3.8) is 0 Å². The minimum Gasteiger partial charge on any atom is -0.473 e. The molecule has 0 aliphatic heterocycles. The van der Waals surface area contributed by atoms with Gasteiger partial charge in [0.25, 0.3) is 5.56 Å². The summed E-state index contributed by atoms with van der Waals surface area (Å²) < 4.78 is 22.3. The van der Waals surface area contributed by atoms with E-state index in [4.69, 9.17) is 10.5 Å². The molecule has 0 unspecified atom stereocenters. The Morgan fingerprint density at radius 3 is 2.88 bits per heavy atom. The van der Waals surface area contributed by atoms with Crippen LogP contribution in [0.25, 0.3) is 33.2 Å². The Bertz CT molecular complexity index is 1460. The van der Waals surface area contributed by atoms with E-state index in [1.54, 1.807) is 31.4 Å². The molecule has 0 atom stereocenters. The van der Waals surface area contributed by atoms with Crippen LogP contribution in [0.4, 0.5) is 4.39 Å². The summed E-state index contributed by atoms with van der Waals surface area (Å²) in [6, 6.07) is 7.22. The number of H-pyrrole nitrogens is 1. The summed E-state index contributed by atoms with van der Waals surface area (Å²) in [5, 5.41) is 21.6. The molecular formula is C22H18FN7O2. The summed E-state index contributed by atoms with van der Waals surface area (Å²) in [5.41, 5.74) is 7.72. The van der Waals surface area contributed by atoms with Crippen molar-refractivity contribution in [1.29, 1.82) is 5.26 Å². The Kier molecular flexibility index (Phi) is 4.68. The number of rotatable bonds is 5. The maximum atomic E-state index is 15.1. The maximum Gasteiger partial charge on any atom is 0.272 e. The van der Waals surface area contributed by atoms with Crippen LogP contribution in [0.2, 0.25) is 0 Å². The van der Waals surface area contributed by atoms with E-state index in [2.05, 4.69) is 20.3 Å². The molecule has 1 aliphatic carbocycles. The van der Waals surface area contributed by atoms with Gasteiger partial charge >= 0.3 is 0 Å². The van der Waals surface area contributed by atoms with Crippen LogP contribution in [0.5, 0.6) is 5.88 Å². The minimum absolute atomic E-state index is 0.000294. The van der Waals surface area contributed by atoms with E-state index in [9.17, 15) is 10.1 Å². The van der Waals surface area contributed by atoms with Crippen molar-refractivity contribution in [2.45, 2.75) is 25.5 Å². The van der Waals surface area contributed by atoms with Crippen LogP contribution in [0, 0.1) is 17.1 Å². The fraction of sp³-hybridized carbons (Fsp3) is 0.227. The first-order chi connectivity index (χ1) is 15.5. The highest BCUT2D eigenvalue weighted by atomic mass is 19.1. The predicted molar refractivity (Wildman–Crippen MR) is 114 cm³/mol. The van der Waals surface area contributed by atoms with Crippen molar-refractivity contribution in [2.24, 2.45) is 12.8 Å². The number of aryl methyl sites for hydroxylation is 1. The van der Waals surface area contributed by atoms with Gasteiger partial charge in [0, 0.05) is 24.5 Å². The highest BCUT2D eigenvalue weighted by Gasteiger charge is 2.29. The number of nitrogens with one attached hydrogen (secondary N) is 1. The monoisotopic (exact) mass is 431 g/mol. The summed E-state index contributed by atoms with van der Waals surface area (Å²) in [7, 11) is 1.67. The van der Waals surface area contributed by atoms with Crippen LogP contribution in [-0.2, 0) is 13.6 Å². The molecule has 9 nitrogen and oxygen atoms in total. The number of hydrogen-bond acceptors (Lipinski definition) is 7. The first kappa shape index (κ1) is 19.8. The lowest BCUT2D eigenvalue weighted by Gasteiger charge is -2.13. The summed E-state index contributed by atoms with van der Waals surface area (Å²) in [5.74, 6) is -0.547. The number of hydrogen-bond donors (Lipinski definition) is 2. The number of pyridine rings is 1. The van der Waals surface area contributed by atoms with Gasteiger partial charge in [0.15, 0.2) is 5.82 Å². The average Bonchev–Trinajstić information content (AvgIpc) is 3.54. The highest BCUT2D eigenvalue weighted by molar-refractivity contribution is 5.92. The number of nitriles is 1. The Hall–Kier alpha value is -4.10. The summed E-state index contributed by atoms with van der Waals surface area (Å²) in [6.07, 6.45) is 4.40. The SMILES string of the molecule is Cn1ncc(-c2ccc3c(=O)[nH]nc(CN)c3c2)c1-c1c(F)cnc(OC2CC2)c1C#N. The molecule has 160 valence electrons. The molecule has 1 saturated carbocycles. The van der Waals surface area contributed by atoms with Gasteiger partial charge in [-0.3, -0.25) is 9.48 Å². The van der Waals surface area contributed by atoms with E-state index in [-0.39, 0.29) is 35.2 Å². The van der Waals surface area contributed by atoms with Crippen LogP contribution in [0.1, 0.15) is 24.1 Å². The Morgan fingerprint density at radius 1 is 1.34 bits per heavy atom. The first-order valence-electron chi connectivity index (χ1n) is 10.0. The van der Waals surface area contributed by atoms with E-state index >= 15 is 4.39 Å². The van der Waals surface area contributed by atoms with E-state index in [1.807, 2.05) is 6.07 Å². The minimum atomic E-state index is -0.656. The van der Waals surface area contributed by atoms with Crippen molar-refractivity contribution in [2.75, 3.05) is 0 Å². The third-order valence-corrected chi connectivity index (χ3v) is 5.46. The molecule has 1 aliphatic rings. The Balaban J connectivity index is 1.74. The molecule has 32 heavy (non-hydrogen) atoms. The van der Waals surface area contributed by atoms with Crippen LogP contribution < -0.4 is 16.0 Å². The van der Waals surface area contributed by atoms with Gasteiger partial charge in [0.1, 0.15) is 17.7 Å². The molecule has 0 bridgehead atoms. The normalized spacial score (nSPS) is 13.3. The second-order valence-electron chi connectivity index (χ2n) is 7.58. The van der Waals surface area contributed by atoms with Crippen molar-refractivity contribution >= 4 is 10.8 Å². The van der Waals surface area contributed by atoms with Gasteiger partial charge in [0.2, 0.25) is 5.88 Å². The lowest BCUT2D eigenvalue weighted by molar-refractivity contribution is 0.289. The van der Waals surface area contributed by atoms with Crippen LogP contribution in [0.3, 0.4) is 0 Å². The molecule has 5 rings (SSSR count). The van der Waals surface area contributed by atoms with Crippen LogP contribution in [-0.4, -0.2) is 31.1 Å². The number of aromatic nitrogens is 5. The third kappa shape index (κ3) is 3.19. The fourth-order valence-electron chi connectivity index (χ4n) is 3.73. The Morgan fingerprint density at radius 2 is 2.16 bits per heavy atom. The molecule has 3 heterocycles. The quantitative estimate of drug-likeness (QED) is 0.495. The lowest BCUT2D eigenvalue weighted by atomic mass is 9.97. The van der Waals surface area contributed by atoms with E-state index in [0.29, 0.717) is 33.3 Å². The van der Waals surface area contributed by atoms with Crippen molar-refractivity contribution in [3.8, 4) is 34.3 Å². The highest BCUT2D eigenvalue weighted by Crippen LogP contribution is 2.39.